The summed E-state index contributed by atoms with van der Waals surface area (Å²) >= 11 is 10.1. The van der Waals surface area contributed by atoms with Crippen LogP contribution in [0, 0.1) is 0 Å². The second kappa shape index (κ2) is 5.48. The van der Waals surface area contributed by atoms with Crippen LogP contribution in [-0.4, -0.2) is 13.4 Å². The Kier molecular flexibility index (Phi) is 3.82. The van der Waals surface area contributed by atoms with Gasteiger partial charge in [0.25, 0.3) is 10.0 Å². The number of nitrogens with zero attached hydrogens (tertiary/aromatic N) is 3. The number of anilines is 1. The van der Waals surface area contributed by atoms with E-state index in [1.807, 2.05) is 0 Å². The molecule has 1 N–H and O–H groups in total. The summed E-state index contributed by atoms with van der Waals surface area (Å²) in [5.41, 5.74) is 1.04. The minimum absolute atomic E-state index is 0.0461. The largest absolute Gasteiger partial charge is 0.276 e. The minimum Gasteiger partial charge on any atom is -0.276 e. The Bertz CT molecular complexity index is 910. The Labute approximate surface area is 137 Å². The van der Waals surface area contributed by atoms with Gasteiger partial charge in [-0.05, 0) is 34.1 Å². The van der Waals surface area contributed by atoms with Crippen LogP contribution in [0.15, 0.2) is 48.6 Å². The van der Waals surface area contributed by atoms with Gasteiger partial charge in [-0.15, -0.1) is 0 Å². The van der Waals surface area contributed by atoms with E-state index in [-0.39, 0.29) is 15.7 Å². The predicted molar refractivity (Wildman–Crippen MR) is 85.7 cm³/mol. The highest BCUT2D eigenvalue weighted by molar-refractivity contribution is 9.10. The maximum Gasteiger partial charge on any atom is 0.264 e. The van der Waals surface area contributed by atoms with E-state index in [1.54, 1.807) is 12.1 Å². The standard InChI is InChI=1S/C11H6BrClN4O2S2/c12-6-4-8(11(13)14-5-6)17-21(18,19)9-3-1-2-7-10(9)16-20-15-7/h1-5,17H. The van der Waals surface area contributed by atoms with Gasteiger partial charge >= 0.3 is 0 Å². The van der Waals surface area contributed by atoms with Crippen LogP contribution < -0.4 is 4.72 Å². The van der Waals surface area contributed by atoms with Crippen LogP contribution in [0.4, 0.5) is 17.1 Å². The van der Waals surface area contributed by atoms with Gasteiger partial charge in [0.2, 0.25) is 0 Å². The molecule has 0 saturated carbocycles. The van der Waals surface area contributed by atoms with Crippen LogP contribution in [0.2, 0.25) is 5.15 Å². The van der Waals surface area contributed by atoms with Gasteiger partial charge in [-0.3, -0.25) is 4.72 Å². The molecule has 2 aromatic rings. The molecule has 2 heterocycles. The zero-order valence-electron chi connectivity index (χ0n) is 10.1. The first-order valence-corrected chi connectivity index (χ1v) is 8.91. The number of fused-ring (bicyclic) bond motifs is 1. The molecule has 0 amide bonds. The van der Waals surface area contributed by atoms with Crippen molar-refractivity contribution in [2.24, 2.45) is 8.73 Å². The van der Waals surface area contributed by atoms with E-state index in [0.717, 1.165) is 11.4 Å². The van der Waals surface area contributed by atoms with Crippen molar-refractivity contribution in [3.8, 4) is 0 Å². The third-order valence-corrected chi connectivity index (χ3v) is 5.26. The Hall–Kier alpha value is -1.29. The SMILES string of the molecule is O=S(=O)(Nc1cc(Br)cnc1Cl)c1cccc2c1N=S=N2. The van der Waals surface area contributed by atoms with Crippen LogP contribution in [0.1, 0.15) is 0 Å². The molecule has 1 aliphatic heterocycles. The molecule has 3 rings (SSSR count). The molecule has 21 heavy (non-hydrogen) atoms. The molecule has 0 unspecified atom stereocenters. The van der Waals surface area contributed by atoms with Gasteiger partial charge in [0.1, 0.15) is 16.3 Å². The maximum absolute atomic E-state index is 12.5. The van der Waals surface area contributed by atoms with Crippen molar-refractivity contribution in [1.82, 2.24) is 4.98 Å². The quantitative estimate of drug-likeness (QED) is 0.668. The Morgan fingerprint density at radius 3 is 2.90 bits per heavy atom. The minimum atomic E-state index is -3.84. The van der Waals surface area contributed by atoms with Crippen LogP contribution in [0.5, 0.6) is 0 Å². The molecule has 0 fully saturated rings. The van der Waals surface area contributed by atoms with Crippen molar-refractivity contribution in [2.45, 2.75) is 4.90 Å². The lowest BCUT2D eigenvalue weighted by Crippen LogP contribution is -2.13. The maximum atomic E-state index is 12.5. The summed E-state index contributed by atoms with van der Waals surface area (Å²) in [5.74, 6) is 0. The van der Waals surface area contributed by atoms with Crippen LogP contribution in [-0.2, 0) is 21.4 Å². The third kappa shape index (κ3) is 2.86. The summed E-state index contributed by atoms with van der Waals surface area (Å²) in [4.78, 5) is 3.92. The highest BCUT2D eigenvalue weighted by Gasteiger charge is 2.23. The van der Waals surface area contributed by atoms with E-state index in [2.05, 4.69) is 34.4 Å². The van der Waals surface area contributed by atoms with Crippen molar-refractivity contribution in [2.75, 3.05) is 4.72 Å². The molecule has 0 radical (unpaired) electrons. The lowest BCUT2D eigenvalue weighted by atomic mass is 10.3. The van der Waals surface area contributed by atoms with Gasteiger partial charge in [-0.1, -0.05) is 17.7 Å². The summed E-state index contributed by atoms with van der Waals surface area (Å²) in [6.45, 7) is 0. The number of hydrogen-bond donors (Lipinski definition) is 1. The van der Waals surface area contributed by atoms with E-state index in [9.17, 15) is 8.42 Å². The smallest absolute Gasteiger partial charge is 0.264 e. The molecule has 0 saturated heterocycles. The van der Waals surface area contributed by atoms with E-state index < -0.39 is 10.0 Å². The molecular weight excluding hydrogens is 400 g/mol. The van der Waals surface area contributed by atoms with E-state index in [4.69, 9.17) is 11.6 Å². The zero-order chi connectivity index (χ0) is 15.0. The highest BCUT2D eigenvalue weighted by Crippen LogP contribution is 2.38. The van der Waals surface area contributed by atoms with Crippen LogP contribution in [0.3, 0.4) is 0 Å². The summed E-state index contributed by atoms with van der Waals surface area (Å²) in [7, 11) is -3.84. The monoisotopic (exact) mass is 404 g/mol. The summed E-state index contributed by atoms with van der Waals surface area (Å²) in [6.07, 6.45) is 1.48. The molecule has 0 aliphatic carbocycles. The highest BCUT2D eigenvalue weighted by atomic mass is 79.9. The van der Waals surface area contributed by atoms with Crippen LogP contribution >= 0.6 is 27.5 Å². The number of rotatable bonds is 3. The Morgan fingerprint density at radius 2 is 2.10 bits per heavy atom. The molecule has 1 aromatic heterocycles. The second-order valence-corrected chi connectivity index (χ2v) is 7.44. The van der Waals surface area contributed by atoms with Gasteiger partial charge in [-0.2, -0.15) is 8.73 Å². The number of benzene rings is 1. The Morgan fingerprint density at radius 1 is 1.29 bits per heavy atom. The fraction of sp³-hybridized carbons (Fsp3) is 0. The number of nitrogens with one attached hydrogen (secondary N) is 1. The van der Waals surface area contributed by atoms with E-state index in [0.29, 0.717) is 15.8 Å². The average molecular weight is 406 g/mol. The third-order valence-electron chi connectivity index (χ3n) is 2.59. The van der Waals surface area contributed by atoms with Crippen LogP contribution in [0.25, 0.3) is 0 Å². The number of halogens is 2. The van der Waals surface area contributed by atoms with Crippen molar-refractivity contribution < 1.29 is 8.42 Å². The van der Waals surface area contributed by atoms with Crippen molar-refractivity contribution >= 4 is 66.0 Å². The molecule has 0 atom stereocenters. The molecule has 6 nitrogen and oxygen atoms in total. The molecule has 0 bridgehead atoms. The molecular formula is C11H6BrClN4O2S2. The Balaban J connectivity index is 2.05. The summed E-state index contributed by atoms with van der Waals surface area (Å²) in [6, 6.07) is 6.31. The molecule has 1 aromatic carbocycles. The lowest BCUT2D eigenvalue weighted by Gasteiger charge is -2.10. The van der Waals surface area contributed by atoms with Crippen molar-refractivity contribution in [3.05, 3.63) is 40.1 Å². The molecule has 108 valence electrons. The first-order chi connectivity index (χ1) is 9.97. The number of aromatic nitrogens is 1. The van der Waals surface area contributed by atoms with Gasteiger partial charge in [0.05, 0.1) is 17.0 Å². The second-order valence-electron chi connectivity index (χ2n) is 3.99. The fourth-order valence-corrected chi connectivity index (χ4v) is 4.06. The zero-order valence-corrected chi connectivity index (χ0v) is 14.1. The molecule has 0 spiro atoms. The number of hydrogen-bond acceptors (Lipinski definition) is 5. The fourth-order valence-electron chi connectivity index (χ4n) is 1.69. The molecule has 10 heteroatoms. The van der Waals surface area contributed by atoms with E-state index in [1.165, 1.54) is 18.3 Å². The average Bonchev–Trinajstić information content (AvgIpc) is 2.90. The molecule has 1 aliphatic rings. The predicted octanol–water partition coefficient (Wildman–Crippen LogP) is 4.02. The van der Waals surface area contributed by atoms with Crippen molar-refractivity contribution in [3.63, 3.8) is 0 Å². The first kappa shape index (κ1) is 14.6. The summed E-state index contributed by atoms with van der Waals surface area (Å²) < 4.78 is 36.1. The number of pyridine rings is 1. The normalized spacial score (nSPS) is 12.9. The van der Waals surface area contributed by atoms with Gasteiger partial charge < -0.3 is 0 Å². The first-order valence-electron chi connectivity index (χ1n) is 5.52. The van der Waals surface area contributed by atoms with Gasteiger partial charge in [-0.25, -0.2) is 13.4 Å². The lowest BCUT2D eigenvalue weighted by molar-refractivity contribution is 0.601. The topological polar surface area (TPSA) is 83.8 Å². The van der Waals surface area contributed by atoms with Crippen molar-refractivity contribution in [1.29, 1.82) is 0 Å². The van der Waals surface area contributed by atoms with Gasteiger partial charge in [0.15, 0.2) is 5.15 Å². The van der Waals surface area contributed by atoms with Gasteiger partial charge in [0, 0.05) is 10.7 Å². The summed E-state index contributed by atoms with van der Waals surface area (Å²) in [5, 5.41) is 0.0605. The van der Waals surface area contributed by atoms with E-state index >= 15 is 0 Å². The number of sulfonamides is 1.